The first-order valence-electron chi connectivity index (χ1n) is 5.36. The first kappa shape index (κ1) is 11.4. The summed E-state index contributed by atoms with van der Waals surface area (Å²) in [5.41, 5.74) is 1.94. The van der Waals surface area contributed by atoms with E-state index in [0.29, 0.717) is 11.0 Å². The van der Waals surface area contributed by atoms with Crippen LogP contribution in [0.25, 0.3) is 10.9 Å². The zero-order chi connectivity index (χ0) is 12.4. The molecule has 6 heteroatoms. The summed E-state index contributed by atoms with van der Waals surface area (Å²) in [5, 5.41) is 4.36. The monoisotopic (exact) mass is 276 g/mol. The predicted molar refractivity (Wildman–Crippen MR) is 74.0 cm³/mol. The molecule has 0 bridgehead atoms. The molecule has 0 aliphatic rings. The van der Waals surface area contributed by atoms with Gasteiger partial charge in [-0.2, -0.15) is 0 Å². The lowest BCUT2D eigenvalue weighted by atomic mass is 10.2. The summed E-state index contributed by atoms with van der Waals surface area (Å²) in [4.78, 5) is 13.4. The average molecular weight is 277 g/mol. The van der Waals surface area contributed by atoms with E-state index in [9.17, 15) is 0 Å². The lowest BCUT2D eigenvalue weighted by molar-refractivity contribution is 1.17. The van der Waals surface area contributed by atoms with Crippen molar-refractivity contribution < 1.29 is 0 Å². The van der Waals surface area contributed by atoms with E-state index in [0.717, 1.165) is 21.5 Å². The number of benzene rings is 1. The van der Waals surface area contributed by atoms with Crippen molar-refractivity contribution >= 4 is 39.5 Å². The lowest BCUT2D eigenvalue weighted by Crippen LogP contribution is -1.98. The zero-order valence-corrected chi connectivity index (χ0v) is 10.9. The summed E-state index contributed by atoms with van der Waals surface area (Å²) >= 11 is 7.27. The maximum absolute atomic E-state index is 5.80. The Morgan fingerprint density at radius 2 is 2.17 bits per heavy atom. The maximum atomic E-state index is 5.80. The molecule has 1 N–H and O–H groups in total. The van der Waals surface area contributed by atoms with E-state index in [1.54, 1.807) is 12.5 Å². The number of fused-ring (bicyclic) bond motifs is 1. The molecule has 0 spiro atoms. The molecular formula is C12H9ClN4S. The second-order valence-electron chi connectivity index (χ2n) is 3.69. The van der Waals surface area contributed by atoms with Crippen LogP contribution < -0.4 is 5.32 Å². The topological polar surface area (TPSA) is 50.7 Å². The highest BCUT2D eigenvalue weighted by atomic mass is 35.5. The molecule has 0 amide bonds. The molecule has 0 fully saturated rings. The molecule has 3 rings (SSSR count). The van der Waals surface area contributed by atoms with Gasteiger partial charge < -0.3 is 5.32 Å². The standard InChI is InChI=1S/C12H9ClN4S/c13-12-16-5-8(18-12)4-15-10-2-1-3-11-9(10)6-14-7-17-11/h1-3,5-7,15H,4H2. The largest absolute Gasteiger partial charge is 0.379 e. The Labute approximate surface area is 113 Å². The van der Waals surface area contributed by atoms with Crippen LogP contribution in [0.3, 0.4) is 0 Å². The Kier molecular flexibility index (Phi) is 3.08. The molecule has 1 aromatic carbocycles. The fourth-order valence-electron chi connectivity index (χ4n) is 1.71. The number of aromatic nitrogens is 3. The molecule has 90 valence electrons. The number of rotatable bonds is 3. The Morgan fingerprint density at radius 3 is 3.00 bits per heavy atom. The first-order valence-corrected chi connectivity index (χ1v) is 6.55. The predicted octanol–water partition coefficient (Wildman–Crippen LogP) is 3.35. The Balaban J connectivity index is 1.86. The van der Waals surface area contributed by atoms with E-state index in [2.05, 4.69) is 20.3 Å². The molecular weight excluding hydrogens is 268 g/mol. The van der Waals surface area contributed by atoms with Crippen molar-refractivity contribution in [3.63, 3.8) is 0 Å². The third-order valence-corrected chi connectivity index (χ3v) is 3.64. The van der Waals surface area contributed by atoms with Crippen LogP contribution in [-0.4, -0.2) is 15.0 Å². The number of thiazole rings is 1. The van der Waals surface area contributed by atoms with Crippen LogP contribution in [-0.2, 0) is 6.54 Å². The smallest absolute Gasteiger partial charge is 0.183 e. The van der Waals surface area contributed by atoms with Gasteiger partial charge in [-0.3, -0.25) is 0 Å². The molecule has 0 radical (unpaired) electrons. The minimum atomic E-state index is 0.563. The highest BCUT2D eigenvalue weighted by molar-refractivity contribution is 7.15. The van der Waals surface area contributed by atoms with Crippen LogP contribution in [0, 0.1) is 0 Å². The molecule has 0 aliphatic heterocycles. The number of halogens is 1. The van der Waals surface area contributed by atoms with Crippen molar-refractivity contribution in [1.29, 1.82) is 0 Å². The highest BCUT2D eigenvalue weighted by Crippen LogP contribution is 2.23. The molecule has 18 heavy (non-hydrogen) atoms. The van der Waals surface area contributed by atoms with Crippen molar-refractivity contribution in [3.8, 4) is 0 Å². The first-order chi connectivity index (χ1) is 8.83. The SMILES string of the molecule is Clc1ncc(CNc2cccc3ncncc23)s1. The summed E-state index contributed by atoms with van der Waals surface area (Å²) in [6.07, 6.45) is 5.14. The average Bonchev–Trinajstić information content (AvgIpc) is 2.82. The van der Waals surface area contributed by atoms with Gasteiger partial charge in [0.25, 0.3) is 0 Å². The molecule has 2 aromatic heterocycles. The molecule has 2 heterocycles. The van der Waals surface area contributed by atoms with E-state index < -0.39 is 0 Å². The van der Waals surface area contributed by atoms with Crippen molar-refractivity contribution in [2.24, 2.45) is 0 Å². The van der Waals surface area contributed by atoms with Crippen molar-refractivity contribution in [2.45, 2.75) is 6.54 Å². The number of hydrogen-bond acceptors (Lipinski definition) is 5. The van der Waals surface area contributed by atoms with E-state index in [1.165, 1.54) is 11.3 Å². The minimum absolute atomic E-state index is 0.563. The fraction of sp³-hybridized carbons (Fsp3) is 0.0833. The summed E-state index contributed by atoms with van der Waals surface area (Å²) in [5.74, 6) is 0. The number of anilines is 1. The van der Waals surface area contributed by atoms with E-state index in [1.807, 2.05) is 24.4 Å². The lowest BCUT2D eigenvalue weighted by Gasteiger charge is -2.07. The van der Waals surface area contributed by atoms with E-state index in [4.69, 9.17) is 11.6 Å². The van der Waals surface area contributed by atoms with Gasteiger partial charge in [0, 0.05) is 28.3 Å². The van der Waals surface area contributed by atoms with Gasteiger partial charge in [0.15, 0.2) is 4.47 Å². The van der Waals surface area contributed by atoms with Crippen LogP contribution in [0.4, 0.5) is 5.69 Å². The number of nitrogens with zero attached hydrogens (tertiary/aromatic N) is 3. The second kappa shape index (κ2) is 4.88. The molecule has 4 nitrogen and oxygen atoms in total. The Bertz CT molecular complexity index is 677. The normalized spacial score (nSPS) is 10.7. The van der Waals surface area contributed by atoms with Gasteiger partial charge in [-0.25, -0.2) is 15.0 Å². The number of hydrogen-bond donors (Lipinski definition) is 1. The summed E-state index contributed by atoms with van der Waals surface area (Å²) in [6.45, 7) is 0.693. The maximum Gasteiger partial charge on any atom is 0.183 e. The van der Waals surface area contributed by atoms with Crippen molar-refractivity contribution in [1.82, 2.24) is 15.0 Å². The van der Waals surface area contributed by atoms with Crippen molar-refractivity contribution in [3.05, 3.63) is 46.3 Å². The van der Waals surface area contributed by atoms with E-state index in [-0.39, 0.29) is 0 Å². The zero-order valence-electron chi connectivity index (χ0n) is 9.30. The van der Waals surface area contributed by atoms with Gasteiger partial charge in [0.1, 0.15) is 6.33 Å². The van der Waals surface area contributed by atoms with Crippen LogP contribution in [0.5, 0.6) is 0 Å². The molecule has 0 atom stereocenters. The molecule has 0 saturated heterocycles. The Morgan fingerprint density at radius 1 is 1.22 bits per heavy atom. The molecule has 3 aromatic rings. The molecule has 0 unspecified atom stereocenters. The van der Waals surface area contributed by atoms with Crippen molar-refractivity contribution in [2.75, 3.05) is 5.32 Å². The quantitative estimate of drug-likeness (QED) is 0.797. The van der Waals surface area contributed by atoms with Gasteiger partial charge in [-0.15, -0.1) is 11.3 Å². The van der Waals surface area contributed by atoms with Crippen LogP contribution in [0.1, 0.15) is 4.88 Å². The summed E-state index contributed by atoms with van der Waals surface area (Å²) < 4.78 is 0.563. The van der Waals surface area contributed by atoms with Crippen LogP contribution in [0.15, 0.2) is 36.9 Å². The van der Waals surface area contributed by atoms with Crippen LogP contribution in [0.2, 0.25) is 4.47 Å². The molecule has 0 aliphatic carbocycles. The third-order valence-electron chi connectivity index (χ3n) is 2.53. The van der Waals surface area contributed by atoms with Gasteiger partial charge in [0.05, 0.1) is 12.1 Å². The van der Waals surface area contributed by atoms with E-state index >= 15 is 0 Å². The van der Waals surface area contributed by atoms with Crippen LogP contribution >= 0.6 is 22.9 Å². The number of nitrogens with one attached hydrogen (secondary N) is 1. The Hall–Kier alpha value is -1.72. The summed E-state index contributed by atoms with van der Waals surface area (Å²) in [6, 6.07) is 5.94. The van der Waals surface area contributed by atoms with Gasteiger partial charge >= 0.3 is 0 Å². The fourth-order valence-corrected chi connectivity index (χ4v) is 2.62. The minimum Gasteiger partial charge on any atom is -0.379 e. The van der Waals surface area contributed by atoms with Gasteiger partial charge in [-0.1, -0.05) is 17.7 Å². The molecule has 0 saturated carbocycles. The highest BCUT2D eigenvalue weighted by Gasteiger charge is 2.03. The third kappa shape index (κ3) is 2.27. The summed E-state index contributed by atoms with van der Waals surface area (Å²) in [7, 11) is 0. The second-order valence-corrected chi connectivity index (χ2v) is 5.39. The van der Waals surface area contributed by atoms with Gasteiger partial charge in [-0.05, 0) is 12.1 Å². The van der Waals surface area contributed by atoms with Gasteiger partial charge in [0.2, 0.25) is 0 Å².